The van der Waals surface area contributed by atoms with Gasteiger partial charge in [-0.1, -0.05) is 11.5 Å². The molecule has 2 unspecified atom stereocenters. The maximum absolute atomic E-state index is 12.0. The fourth-order valence-electron chi connectivity index (χ4n) is 3.80. The molecule has 1 amide bonds. The van der Waals surface area contributed by atoms with Crippen molar-refractivity contribution in [2.75, 3.05) is 13.1 Å². The van der Waals surface area contributed by atoms with Crippen LogP contribution in [0.5, 0.6) is 0 Å². The van der Waals surface area contributed by atoms with Crippen molar-refractivity contribution in [1.82, 2.24) is 10.4 Å². The zero-order valence-corrected chi connectivity index (χ0v) is 14.6. The Hall–Kier alpha value is -1.83. The van der Waals surface area contributed by atoms with E-state index in [9.17, 15) is 14.4 Å². The summed E-state index contributed by atoms with van der Waals surface area (Å²) in [5.74, 6) is -1.61. The first-order chi connectivity index (χ1) is 12.0. The van der Waals surface area contributed by atoms with Crippen molar-refractivity contribution in [3.63, 3.8) is 0 Å². The van der Waals surface area contributed by atoms with Gasteiger partial charge in [0.1, 0.15) is 5.60 Å². The number of carbonyl (C=O) groups excluding carboxylic acids is 3. The average molecular weight is 354 g/mol. The van der Waals surface area contributed by atoms with E-state index in [0.29, 0.717) is 19.5 Å². The molecule has 0 spiro atoms. The third-order valence-electron chi connectivity index (χ3n) is 5.30. The highest BCUT2D eigenvalue weighted by molar-refractivity contribution is 6.29. The van der Waals surface area contributed by atoms with Gasteiger partial charge >= 0.3 is 18.0 Å². The van der Waals surface area contributed by atoms with Crippen LogP contribution in [0.1, 0.15) is 58.3 Å². The van der Waals surface area contributed by atoms with Crippen molar-refractivity contribution < 1.29 is 28.7 Å². The number of nitrogens with zero attached hydrogens (tertiary/aromatic N) is 1. The zero-order valence-electron chi connectivity index (χ0n) is 14.6. The topological polar surface area (TPSA) is 94.2 Å². The molecule has 1 aliphatic carbocycles. The molecule has 8 nitrogen and oxygen atoms in total. The summed E-state index contributed by atoms with van der Waals surface area (Å²) in [4.78, 5) is 39.4. The lowest BCUT2D eigenvalue weighted by Crippen LogP contribution is -2.52. The van der Waals surface area contributed by atoms with Gasteiger partial charge in [-0.05, 0) is 51.4 Å². The van der Waals surface area contributed by atoms with E-state index in [-0.39, 0.29) is 17.6 Å². The Labute approximate surface area is 147 Å². The quantitative estimate of drug-likeness (QED) is 0.608. The molecule has 2 aliphatic heterocycles. The van der Waals surface area contributed by atoms with Crippen molar-refractivity contribution in [1.29, 1.82) is 0 Å². The van der Waals surface area contributed by atoms with Crippen LogP contribution in [0.15, 0.2) is 0 Å². The highest BCUT2D eigenvalue weighted by Crippen LogP contribution is 2.31. The first-order valence-electron chi connectivity index (χ1n) is 9.12. The number of amides is 1. The van der Waals surface area contributed by atoms with Crippen molar-refractivity contribution in [2.24, 2.45) is 5.92 Å². The number of esters is 1. The molecule has 2 heterocycles. The normalized spacial score (nSPS) is 29.2. The average Bonchev–Trinajstić information content (AvgIpc) is 2.56. The van der Waals surface area contributed by atoms with Gasteiger partial charge in [0, 0.05) is 19.5 Å². The summed E-state index contributed by atoms with van der Waals surface area (Å²) in [7, 11) is 0. The molecule has 8 heteroatoms. The van der Waals surface area contributed by atoms with Crippen LogP contribution in [-0.2, 0) is 23.9 Å². The molecular formula is C17H26N2O6. The van der Waals surface area contributed by atoms with E-state index in [4.69, 9.17) is 14.3 Å². The molecule has 0 aromatic rings. The van der Waals surface area contributed by atoms with Gasteiger partial charge in [-0.2, -0.15) is 0 Å². The molecule has 0 aromatic heterocycles. The van der Waals surface area contributed by atoms with Crippen LogP contribution in [0.4, 0.5) is 4.79 Å². The number of rotatable bonds is 4. The number of fused-ring (bicyclic) bond motifs is 1. The maximum atomic E-state index is 12.0. The van der Waals surface area contributed by atoms with Gasteiger partial charge in [-0.3, -0.25) is 0 Å². The van der Waals surface area contributed by atoms with Crippen molar-refractivity contribution in [3.05, 3.63) is 0 Å². The van der Waals surface area contributed by atoms with Gasteiger partial charge in [0.2, 0.25) is 0 Å². The fourth-order valence-corrected chi connectivity index (χ4v) is 3.80. The molecule has 3 aliphatic rings. The van der Waals surface area contributed by atoms with Crippen LogP contribution in [0.2, 0.25) is 0 Å². The van der Waals surface area contributed by atoms with Crippen LogP contribution in [0.3, 0.4) is 0 Å². The van der Waals surface area contributed by atoms with E-state index < -0.39 is 18.2 Å². The summed E-state index contributed by atoms with van der Waals surface area (Å²) in [6, 6.07) is 0. The van der Waals surface area contributed by atoms with E-state index in [1.165, 1.54) is 11.5 Å². The van der Waals surface area contributed by atoms with Gasteiger partial charge in [0.05, 0.1) is 0 Å². The highest BCUT2D eigenvalue weighted by Gasteiger charge is 2.40. The summed E-state index contributed by atoms with van der Waals surface area (Å²) in [5, 5.41) is 4.24. The maximum Gasteiger partial charge on any atom is 0.436 e. The summed E-state index contributed by atoms with van der Waals surface area (Å²) < 4.78 is 10.7. The van der Waals surface area contributed by atoms with Crippen LogP contribution < -0.4 is 5.32 Å². The molecular weight excluding hydrogens is 328 g/mol. The minimum absolute atomic E-state index is 0.288. The van der Waals surface area contributed by atoms with Crippen molar-refractivity contribution in [2.45, 2.75) is 70.1 Å². The number of piperidine rings is 1. The van der Waals surface area contributed by atoms with Gasteiger partial charge in [0.15, 0.2) is 6.23 Å². The van der Waals surface area contributed by atoms with Crippen LogP contribution in [0, 0.1) is 5.92 Å². The minimum atomic E-state index is -0.963. The largest absolute Gasteiger partial charge is 0.443 e. The molecule has 3 fully saturated rings. The summed E-state index contributed by atoms with van der Waals surface area (Å²) in [5.41, 5.74) is -0.339. The predicted molar refractivity (Wildman–Crippen MR) is 86.0 cm³/mol. The summed E-state index contributed by atoms with van der Waals surface area (Å²) >= 11 is 0. The molecule has 3 rings (SSSR count). The molecule has 140 valence electrons. The van der Waals surface area contributed by atoms with Gasteiger partial charge in [-0.15, -0.1) is 0 Å². The van der Waals surface area contributed by atoms with E-state index in [2.05, 4.69) is 5.32 Å². The molecule has 25 heavy (non-hydrogen) atoms. The Bertz CT molecular complexity index is 531. The van der Waals surface area contributed by atoms with Crippen LogP contribution >= 0.6 is 0 Å². The monoisotopic (exact) mass is 354 g/mol. The van der Waals surface area contributed by atoms with Crippen LogP contribution in [-0.4, -0.2) is 48.0 Å². The molecule has 1 N–H and O–H groups in total. The zero-order chi connectivity index (χ0) is 17.9. The Kier molecular flexibility index (Phi) is 5.46. The molecule has 0 aromatic carbocycles. The second kappa shape index (κ2) is 7.59. The second-order valence-corrected chi connectivity index (χ2v) is 7.39. The second-order valence-electron chi connectivity index (χ2n) is 7.39. The van der Waals surface area contributed by atoms with Crippen molar-refractivity contribution in [3.8, 4) is 0 Å². The number of hydroxylamine groups is 2. The number of alkyl carbamates (subject to hydrolysis) is 1. The Morgan fingerprint density at radius 1 is 1.28 bits per heavy atom. The van der Waals surface area contributed by atoms with Gasteiger partial charge < -0.3 is 19.6 Å². The van der Waals surface area contributed by atoms with Gasteiger partial charge in [-0.25, -0.2) is 14.4 Å². The van der Waals surface area contributed by atoms with E-state index in [1.807, 2.05) is 6.92 Å². The summed E-state index contributed by atoms with van der Waals surface area (Å²) in [6.45, 7) is 3.04. The summed E-state index contributed by atoms with van der Waals surface area (Å²) in [6.07, 6.45) is 6.55. The molecule has 2 atom stereocenters. The van der Waals surface area contributed by atoms with Crippen LogP contribution in [0.25, 0.3) is 0 Å². The number of ether oxygens (including phenoxy) is 2. The standard InChI is InChI=1S/C17H26N2O6/c1-17(7-3-2-4-8-17)24-16(22)18-9-5-12-6-10-19-13(11-12)23-14(20)15(21)25-19/h12-13H,2-11H2,1H3,(H,18,22). The Morgan fingerprint density at radius 3 is 2.80 bits per heavy atom. The van der Waals surface area contributed by atoms with Gasteiger partial charge in [0.25, 0.3) is 0 Å². The smallest absolute Gasteiger partial charge is 0.436 e. The van der Waals surface area contributed by atoms with Crippen molar-refractivity contribution >= 4 is 18.0 Å². The van der Waals surface area contributed by atoms with E-state index in [0.717, 1.165) is 38.5 Å². The predicted octanol–water partition coefficient (Wildman–Crippen LogP) is 1.88. The first kappa shape index (κ1) is 18.0. The lowest BCUT2D eigenvalue weighted by molar-refractivity contribution is -0.277. The Morgan fingerprint density at radius 2 is 2.04 bits per heavy atom. The highest BCUT2D eigenvalue weighted by atomic mass is 16.8. The third kappa shape index (κ3) is 4.62. The molecule has 1 saturated carbocycles. The van der Waals surface area contributed by atoms with E-state index in [1.54, 1.807) is 0 Å². The number of hydrogen-bond acceptors (Lipinski definition) is 7. The number of carbonyl (C=O) groups is 3. The Balaban J connectivity index is 1.37. The lowest BCUT2D eigenvalue weighted by Gasteiger charge is -2.39. The SMILES string of the molecule is CC1(OC(=O)NCCC2CCN3OC(=O)C(=O)OC3C2)CCCCC1. The number of nitrogens with one attached hydrogen (secondary N) is 1. The first-order valence-corrected chi connectivity index (χ1v) is 9.12. The molecule has 2 saturated heterocycles. The molecule has 0 radical (unpaired) electrons. The number of hydrogen-bond donors (Lipinski definition) is 1. The lowest BCUT2D eigenvalue weighted by atomic mass is 9.86. The van der Waals surface area contributed by atoms with E-state index >= 15 is 0 Å². The molecule has 0 bridgehead atoms. The fraction of sp³-hybridized carbons (Fsp3) is 0.824. The third-order valence-corrected chi connectivity index (χ3v) is 5.30. The minimum Gasteiger partial charge on any atom is -0.443 e.